The summed E-state index contributed by atoms with van der Waals surface area (Å²) in [5.41, 5.74) is -0.813. The largest absolute Gasteiger partial charge is 0.466 e. The molecule has 114 valence electrons. The number of hydrogen-bond acceptors (Lipinski definition) is 3. The number of fused-ring (bicyclic) bond motifs is 1. The van der Waals surface area contributed by atoms with E-state index >= 15 is 0 Å². The lowest BCUT2D eigenvalue weighted by Gasteiger charge is -2.39. The predicted molar refractivity (Wildman–Crippen MR) is 81.4 cm³/mol. The lowest BCUT2D eigenvalue weighted by molar-refractivity contribution is -0.148. The Kier molecular flexibility index (Phi) is 4.21. The SMILES string of the molecule is CCC(C)NC(=O)C1(C)Oc2ccccc2N(CC)C1=O. The van der Waals surface area contributed by atoms with Gasteiger partial charge in [0.2, 0.25) is 0 Å². The molecule has 1 N–H and O–H groups in total. The van der Waals surface area contributed by atoms with Crippen molar-refractivity contribution in [3.63, 3.8) is 0 Å². The van der Waals surface area contributed by atoms with Crippen LogP contribution in [0.2, 0.25) is 0 Å². The fourth-order valence-corrected chi connectivity index (χ4v) is 2.32. The second-order valence-electron chi connectivity index (χ2n) is 5.44. The van der Waals surface area contributed by atoms with Crippen LogP contribution in [-0.2, 0) is 9.59 Å². The summed E-state index contributed by atoms with van der Waals surface area (Å²) in [6.07, 6.45) is 0.796. The van der Waals surface area contributed by atoms with E-state index in [2.05, 4.69) is 5.32 Å². The van der Waals surface area contributed by atoms with Crippen molar-refractivity contribution >= 4 is 17.5 Å². The average Bonchev–Trinajstić information content (AvgIpc) is 2.48. The third kappa shape index (κ3) is 2.60. The molecular formula is C16H22N2O3. The number of anilines is 1. The molecule has 0 spiro atoms. The molecule has 0 aliphatic carbocycles. The van der Waals surface area contributed by atoms with Gasteiger partial charge in [-0.05, 0) is 39.3 Å². The Bertz CT molecular complexity index is 558. The molecule has 0 radical (unpaired) electrons. The second-order valence-corrected chi connectivity index (χ2v) is 5.44. The molecule has 2 atom stereocenters. The van der Waals surface area contributed by atoms with E-state index in [0.717, 1.165) is 6.42 Å². The molecule has 1 heterocycles. The van der Waals surface area contributed by atoms with Gasteiger partial charge in [0.25, 0.3) is 17.4 Å². The van der Waals surface area contributed by atoms with Crippen molar-refractivity contribution < 1.29 is 14.3 Å². The number of nitrogens with zero attached hydrogens (tertiary/aromatic N) is 1. The van der Waals surface area contributed by atoms with Crippen LogP contribution < -0.4 is 15.0 Å². The Labute approximate surface area is 125 Å². The van der Waals surface area contributed by atoms with E-state index in [0.29, 0.717) is 18.0 Å². The Morgan fingerprint density at radius 2 is 2.05 bits per heavy atom. The van der Waals surface area contributed by atoms with Gasteiger partial charge in [-0.15, -0.1) is 0 Å². The number of likely N-dealkylation sites (N-methyl/N-ethyl adjacent to an activating group) is 1. The second kappa shape index (κ2) is 5.76. The van der Waals surface area contributed by atoms with Crippen LogP contribution in [0.4, 0.5) is 5.69 Å². The van der Waals surface area contributed by atoms with E-state index in [1.165, 1.54) is 6.92 Å². The first-order valence-corrected chi connectivity index (χ1v) is 7.35. The topological polar surface area (TPSA) is 58.6 Å². The van der Waals surface area contributed by atoms with Crippen LogP contribution in [0.3, 0.4) is 0 Å². The van der Waals surface area contributed by atoms with Gasteiger partial charge in [-0.25, -0.2) is 0 Å². The Morgan fingerprint density at radius 3 is 2.67 bits per heavy atom. The quantitative estimate of drug-likeness (QED) is 0.864. The van der Waals surface area contributed by atoms with Crippen LogP contribution in [0.15, 0.2) is 24.3 Å². The van der Waals surface area contributed by atoms with Gasteiger partial charge < -0.3 is 15.0 Å². The maximum atomic E-state index is 12.7. The molecule has 2 rings (SSSR count). The van der Waals surface area contributed by atoms with E-state index in [9.17, 15) is 9.59 Å². The minimum atomic E-state index is -1.52. The third-order valence-corrected chi connectivity index (χ3v) is 3.86. The number of nitrogens with one attached hydrogen (secondary N) is 1. The van der Waals surface area contributed by atoms with Crippen LogP contribution in [0.25, 0.3) is 0 Å². The summed E-state index contributed by atoms with van der Waals surface area (Å²) in [6, 6.07) is 7.27. The molecule has 0 saturated carbocycles. The monoisotopic (exact) mass is 290 g/mol. The summed E-state index contributed by atoms with van der Waals surface area (Å²) >= 11 is 0. The van der Waals surface area contributed by atoms with E-state index in [1.807, 2.05) is 39.0 Å². The molecule has 1 aromatic carbocycles. The predicted octanol–water partition coefficient (Wildman–Crippen LogP) is 2.11. The highest BCUT2D eigenvalue weighted by molar-refractivity contribution is 6.16. The number of ether oxygens (including phenoxy) is 1. The van der Waals surface area contributed by atoms with E-state index < -0.39 is 11.5 Å². The summed E-state index contributed by atoms with van der Waals surface area (Å²) in [6.45, 7) is 7.79. The van der Waals surface area contributed by atoms with Crippen molar-refractivity contribution in [2.45, 2.75) is 45.8 Å². The number of hydrogen-bond donors (Lipinski definition) is 1. The normalized spacial score (nSPS) is 22.3. The van der Waals surface area contributed by atoms with Crippen molar-refractivity contribution in [3.8, 4) is 5.75 Å². The van der Waals surface area contributed by atoms with Crippen LogP contribution in [0.1, 0.15) is 34.1 Å². The van der Waals surface area contributed by atoms with Gasteiger partial charge in [0.15, 0.2) is 0 Å². The van der Waals surface area contributed by atoms with Crippen LogP contribution in [-0.4, -0.2) is 30.0 Å². The number of carbonyl (C=O) groups excluding carboxylic acids is 2. The first-order valence-electron chi connectivity index (χ1n) is 7.35. The molecule has 0 bridgehead atoms. The zero-order chi connectivity index (χ0) is 15.6. The Hall–Kier alpha value is -2.04. The highest BCUT2D eigenvalue weighted by atomic mass is 16.5. The maximum Gasteiger partial charge on any atom is 0.280 e. The standard InChI is InChI=1S/C16H22N2O3/c1-5-11(3)17-14(19)16(4)15(20)18(6-2)12-9-7-8-10-13(12)21-16/h7-11H,5-6H2,1-4H3,(H,17,19). The van der Waals surface area contributed by atoms with E-state index in [4.69, 9.17) is 4.74 Å². The van der Waals surface area contributed by atoms with Crippen molar-refractivity contribution in [2.24, 2.45) is 0 Å². The van der Waals surface area contributed by atoms with E-state index in [1.54, 1.807) is 11.0 Å². The zero-order valence-electron chi connectivity index (χ0n) is 13.0. The molecular weight excluding hydrogens is 268 g/mol. The minimum Gasteiger partial charge on any atom is -0.466 e. The Balaban J connectivity index is 2.37. The smallest absolute Gasteiger partial charge is 0.280 e. The summed E-state index contributed by atoms with van der Waals surface area (Å²) < 4.78 is 5.77. The zero-order valence-corrected chi connectivity index (χ0v) is 13.0. The van der Waals surface area contributed by atoms with Gasteiger partial charge in [0.05, 0.1) is 5.69 Å². The fourth-order valence-electron chi connectivity index (χ4n) is 2.32. The highest BCUT2D eigenvalue weighted by Crippen LogP contribution is 2.37. The molecule has 1 aliphatic heterocycles. The lowest BCUT2D eigenvalue weighted by Crippen LogP contribution is -2.63. The van der Waals surface area contributed by atoms with Crippen molar-refractivity contribution in [3.05, 3.63) is 24.3 Å². The van der Waals surface area contributed by atoms with Gasteiger partial charge in [0, 0.05) is 12.6 Å². The lowest BCUT2D eigenvalue weighted by atomic mass is 9.99. The molecule has 1 aliphatic rings. The van der Waals surface area contributed by atoms with Gasteiger partial charge in [-0.3, -0.25) is 9.59 Å². The number of amides is 2. The maximum absolute atomic E-state index is 12.7. The molecule has 0 fully saturated rings. The number of carbonyl (C=O) groups is 2. The number of para-hydroxylation sites is 2. The van der Waals surface area contributed by atoms with Crippen LogP contribution in [0.5, 0.6) is 5.75 Å². The highest BCUT2D eigenvalue weighted by Gasteiger charge is 2.50. The van der Waals surface area contributed by atoms with Gasteiger partial charge in [-0.2, -0.15) is 0 Å². The number of rotatable bonds is 4. The van der Waals surface area contributed by atoms with Gasteiger partial charge in [0.1, 0.15) is 5.75 Å². The van der Waals surface area contributed by atoms with Crippen molar-refractivity contribution in [1.29, 1.82) is 0 Å². The van der Waals surface area contributed by atoms with Crippen LogP contribution >= 0.6 is 0 Å². The minimum absolute atomic E-state index is 0.00188. The van der Waals surface area contributed by atoms with E-state index in [-0.39, 0.29) is 11.9 Å². The van der Waals surface area contributed by atoms with Crippen LogP contribution in [0, 0.1) is 0 Å². The molecule has 0 aromatic heterocycles. The number of benzene rings is 1. The third-order valence-electron chi connectivity index (χ3n) is 3.86. The van der Waals surface area contributed by atoms with Crippen molar-refractivity contribution in [1.82, 2.24) is 5.32 Å². The summed E-state index contributed by atoms with van der Waals surface area (Å²) in [7, 11) is 0. The fraction of sp³-hybridized carbons (Fsp3) is 0.500. The van der Waals surface area contributed by atoms with Gasteiger partial charge in [-0.1, -0.05) is 19.1 Å². The molecule has 0 saturated heterocycles. The first-order chi connectivity index (χ1) is 9.93. The summed E-state index contributed by atoms with van der Waals surface area (Å²) in [4.78, 5) is 26.8. The molecule has 5 nitrogen and oxygen atoms in total. The summed E-state index contributed by atoms with van der Waals surface area (Å²) in [5.74, 6) is -0.167. The molecule has 5 heteroatoms. The van der Waals surface area contributed by atoms with Gasteiger partial charge >= 0.3 is 0 Å². The molecule has 2 amide bonds. The molecule has 21 heavy (non-hydrogen) atoms. The molecule has 2 unspecified atom stereocenters. The first kappa shape index (κ1) is 15.4. The average molecular weight is 290 g/mol. The summed E-state index contributed by atoms with van der Waals surface area (Å²) in [5, 5.41) is 2.83. The Morgan fingerprint density at radius 1 is 1.38 bits per heavy atom. The molecule has 1 aromatic rings. The van der Waals surface area contributed by atoms with Crippen molar-refractivity contribution in [2.75, 3.05) is 11.4 Å².